The van der Waals surface area contributed by atoms with Crippen LogP contribution in [0.1, 0.15) is 147 Å². The largest absolute Gasteiger partial charge is 0.411 e. The molecule has 13 atom stereocenters. The second-order valence-electron chi connectivity index (χ2n) is 29.4. The van der Waals surface area contributed by atoms with Gasteiger partial charge in [-0.05, 0) is 108 Å². The third kappa shape index (κ3) is 16.9. The van der Waals surface area contributed by atoms with Crippen molar-refractivity contribution >= 4 is 43.6 Å². The predicted molar refractivity (Wildman–Crippen MR) is 379 cm³/mol. The van der Waals surface area contributed by atoms with Crippen LogP contribution in [-0.4, -0.2) is 129 Å². The first-order valence-electron chi connectivity index (χ1n) is 34.3. The molecule has 11 nitrogen and oxygen atoms in total. The van der Waals surface area contributed by atoms with E-state index in [0.29, 0.717) is 52.1 Å². The van der Waals surface area contributed by atoms with Crippen molar-refractivity contribution in [3.63, 3.8) is 0 Å². The second kappa shape index (κ2) is 31.6. The van der Waals surface area contributed by atoms with Gasteiger partial charge in [0.2, 0.25) is 0 Å². The molecule has 0 amide bonds. The summed E-state index contributed by atoms with van der Waals surface area (Å²) >= 11 is 0. The molecular formula is C75H118O11Si4. The topological polar surface area (TPSA) is 113 Å². The van der Waals surface area contributed by atoms with E-state index in [-0.39, 0.29) is 22.6 Å². The Bertz CT molecular complexity index is 2740. The lowest BCUT2D eigenvalue weighted by molar-refractivity contribution is -0.331. The first-order chi connectivity index (χ1) is 42.6. The third-order valence-corrected chi connectivity index (χ3v) is 40.4. The van der Waals surface area contributed by atoms with Crippen molar-refractivity contribution in [3.8, 4) is 0 Å². The van der Waals surface area contributed by atoms with E-state index in [4.69, 9.17) is 46.1 Å². The Morgan fingerprint density at radius 3 is 1.63 bits per heavy atom. The molecule has 0 radical (unpaired) electrons. The quantitative estimate of drug-likeness (QED) is 0.0363. The zero-order valence-corrected chi connectivity index (χ0v) is 62.5. The van der Waals surface area contributed by atoms with Crippen molar-refractivity contribution in [1.82, 2.24) is 0 Å². The summed E-state index contributed by atoms with van der Waals surface area (Å²) in [6.45, 7) is 48.9. The van der Waals surface area contributed by atoms with Crippen LogP contribution < -0.4 is 10.4 Å². The third-order valence-electron chi connectivity index (χ3n) is 21.6. The molecule has 0 bridgehead atoms. The molecule has 0 spiro atoms. The van der Waals surface area contributed by atoms with E-state index >= 15 is 0 Å². The number of aliphatic hydroxyl groups is 1. The fourth-order valence-electron chi connectivity index (χ4n) is 14.3. The minimum Gasteiger partial charge on any atom is -0.411 e. The molecule has 0 aromatic heterocycles. The van der Waals surface area contributed by atoms with Gasteiger partial charge in [0.25, 0.3) is 8.32 Å². The Morgan fingerprint density at radius 1 is 0.633 bits per heavy atom. The fraction of sp³-hybridized carbons (Fsp3) is 0.627. The molecule has 0 saturated carbocycles. The molecule has 3 aliphatic rings. The Kier molecular flexibility index (Phi) is 26.0. The van der Waals surface area contributed by atoms with Crippen molar-refractivity contribution in [2.45, 2.75) is 286 Å². The van der Waals surface area contributed by atoms with E-state index in [1.165, 1.54) is 10.4 Å². The van der Waals surface area contributed by atoms with Crippen LogP contribution in [-0.2, 0) is 59.3 Å². The van der Waals surface area contributed by atoms with Gasteiger partial charge < -0.3 is 51.2 Å². The molecular weight excluding hydrogens is 1190 g/mol. The van der Waals surface area contributed by atoms with Gasteiger partial charge >= 0.3 is 0 Å². The maximum atomic E-state index is 12.6. The number of aliphatic hydroxyl groups excluding tert-OH is 1. The molecule has 1 N–H and O–H groups in total. The summed E-state index contributed by atoms with van der Waals surface area (Å²) in [5.41, 5.74) is -0.538. The highest BCUT2D eigenvalue weighted by atomic mass is 28.4. The molecule has 90 heavy (non-hydrogen) atoms. The Labute approximate surface area is 549 Å². The SMILES string of the molecule is C=CC[C@]1(C)O[C@](C)(CCO[Si](c2ccccc2)(c2ccccc2)C(C)(C)C)[C@@H](O[Si](C)(C)C(C)(C)C)C[C@H]1O[C@@H](C[C@H]1O[C@H]2C[C@@H](OCc3ccccc3)[C@H](COCc3ccccc3)O[C@]2(C)[C@H](O[Si](CC)(CC)CC)[C@@H]1O[Si](CC)(CC)CC)C(O)C=C. The fourth-order valence-corrected chi connectivity index (χ4v) is 26.1. The van der Waals surface area contributed by atoms with Gasteiger partial charge in [-0.2, -0.15) is 0 Å². The van der Waals surface area contributed by atoms with Crippen LogP contribution in [0.15, 0.2) is 147 Å². The molecule has 3 heterocycles. The molecule has 4 aromatic rings. The van der Waals surface area contributed by atoms with Gasteiger partial charge in [0, 0.05) is 32.3 Å². The summed E-state index contributed by atoms with van der Waals surface area (Å²) in [5.74, 6) is 0. The molecule has 3 fully saturated rings. The first-order valence-corrected chi connectivity index (χ1v) is 44.2. The van der Waals surface area contributed by atoms with Crippen LogP contribution in [0.4, 0.5) is 0 Å². The summed E-state index contributed by atoms with van der Waals surface area (Å²) in [4.78, 5) is 0. The number of ether oxygens (including phenoxy) is 6. The van der Waals surface area contributed by atoms with Gasteiger partial charge in [0.05, 0.1) is 79.9 Å². The minimum atomic E-state index is -2.92. The highest BCUT2D eigenvalue weighted by Crippen LogP contribution is 2.51. The number of hydrogen-bond acceptors (Lipinski definition) is 11. The molecule has 500 valence electrons. The lowest BCUT2D eigenvalue weighted by atomic mass is 9.77. The average molecular weight is 1310 g/mol. The van der Waals surface area contributed by atoms with Crippen molar-refractivity contribution in [1.29, 1.82) is 0 Å². The summed E-state index contributed by atoms with van der Waals surface area (Å²) in [6, 6.07) is 47.9. The number of rotatable bonds is 33. The van der Waals surface area contributed by atoms with Gasteiger partial charge in [0.15, 0.2) is 25.0 Å². The summed E-state index contributed by atoms with van der Waals surface area (Å²) in [5, 5.41) is 14.8. The number of hydrogen-bond donors (Lipinski definition) is 1. The van der Waals surface area contributed by atoms with Gasteiger partial charge in [0.1, 0.15) is 17.8 Å². The van der Waals surface area contributed by atoms with E-state index in [1.807, 2.05) is 42.5 Å². The number of fused-ring (bicyclic) bond motifs is 1. The van der Waals surface area contributed by atoms with E-state index in [1.54, 1.807) is 6.08 Å². The standard InChI is InChI=1S/C75H118O11Si4/c1-20-48-73(15)66(53-67(83-87(18,19)71(9,10)11)74(16,86-73)49-50-79-90(72(12,13)14,59-44-36-30-37-45-59)60-46-38-31-39-47-60)80-62(61(76)21-2)51-64-69(84-88(22-3,23-4)24-5)70(85-89(25-6,26-7)27-8)75(17)68(81-64)52-63(78-55-58-42-34-29-35-43-58)65(82-75)56-77-54-57-40-32-28-33-41-57/h20-21,28-47,61-70,76H,1-2,22-27,48-56H2,3-19H3/t61?,62-,63+,64+,65-,66+,67-,68-,69+,70+,73-,74+,75-/m0/s1. The molecule has 1 unspecified atom stereocenters. The normalized spacial score (nSPS) is 27.8. The smallest absolute Gasteiger partial charge is 0.261 e. The zero-order chi connectivity index (χ0) is 65.8. The predicted octanol–water partition coefficient (Wildman–Crippen LogP) is 16.4. The molecule has 3 aliphatic heterocycles. The Hall–Kier alpha value is -3.21. The number of benzene rings is 4. The molecule has 7 rings (SSSR count). The molecule has 15 heteroatoms. The minimum absolute atomic E-state index is 0.106. The average Bonchev–Trinajstić information content (AvgIpc) is 0.794. The maximum Gasteiger partial charge on any atom is 0.261 e. The van der Waals surface area contributed by atoms with Crippen LogP contribution in [0.2, 0.25) is 59.4 Å². The van der Waals surface area contributed by atoms with Gasteiger partial charge in [-0.15, -0.1) is 13.2 Å². The van der Waals surface area contributed by atoms with Gasteiger partial charge in [-0.1, -0.05) is 217 Å². The summed E-state index contributed by atoms with van der Waals surface area (Å²) < 4.78 is 75.7. The van der Waals surface area contributed by atoms with Crippen LogP contribution in [0.3, 0.4) is 0 Å². The van der Waals surface area contributed by atoms with E-state index < -0.39 is 105 Å². The van der Waals surface area contributed by atoms with Crippen LogP contribution in [0.5, 0.6) is 0 Å². The van der Waals surface area contributed by atoms with Crippen molar-refractivity contribution in [2.24, 2.45) is 0 Å². The molecule has 0 aliphatic carbocycles. The Morgan fingerprint density at radius 2 is 1.14 bits per heavy atom. The van der Waals surface area contributed by atoms with Crippen molar-refractivity contribution in [3.05, 3.63) is 158 Å². The molecule has 4 aromatic carbocycles. The molecule has 3 saturated heterocycles. The van der Waals surface area contributed by atoms with E-state index in [0.717, 1.165) is 47.4 Å². The van der Waals surface area contributed by atoms with E-state index in [2.05, 4.69) is 215 Å². The first kappa shape index (κ1) is 74.2. The highest BCUT2D eigenvalue weighted by Gasteiger charge is 2.63. The Balaban J connectivity index is 1.30. The van der Waals surface area contributed by atoms with E-state index in [9.17, 15) is 5.11 Å². The summed E-state index contributed by atoms with van der Waals surface area (Å²) in [7, 11) is -10.3. The van der Waals surface area contributed by atoms with Gasteiger partial charge in [-0.25, -0.2) is 0 Å². The van der Waals surface area contributed by atoms with Crippen LogP contribution >= 0.6 is 0 Å². The maximum absolute atomic E-state index is 12.6. The second-order valence-corrected chi connectivity index (χ2v) is 47.9. The lowest BCUT2D eigenvalue weighted by Crippen LogP contribution is -2.74. The van der Waals surface area contributed by atoms with Crippen LogP contribution in [0, 0.1) is 0 Å². The van der Waals surface area contributed by atoms with Crippen molar-refractivity contribution in [2.75, 3.05) is 13.2 Å². The highest BCUT2D eigenvalue weighted by molar-refractivity contribution is 6.99. The summed E-state index contributed by atoms with van der Waals surface area (Å²) in [6.07, 6.45) is 0.0479. The van der Waals surface area contributed by atoms with Crippen LogP contribution in [0.25, 0.3) is 0 Å². The lowest BCUT2D eigenvalue weighted by Gasteiger charge is -2.60. The zero-order valence-electron chi connectivity index (χ0n) is 58.5. The monoisotopic (exact) mass is 1310 g/mol. The van der Waals surface area contributed by atoms with Crippen molar-refractivity contribution < 1.29 is 51.2 Å². The van der Waals surface area contributed by atoms with Gasteiger partial charge in [-0.3, -0.25) is 0 Å².